The third kappa shape index (κ3) is 2.98. The fourth-order valence-electron chi connectivity index (χ4n) is 1.54. The van der Waals surface area contributed by atoms with Crippen molar-refractivity contribution in [3.8, 4) is 0 Å². The van der Waals surface area contributed by atoms with E-state index in [1.54, 1.807) is 6.07 Å². The van der Waals surface area contributed by atoms with Gasteiger partial charge in [0.2, 0.25) is 0 Å². The van der Waals surface area contributed by atoms with Crippen LogP contribution in [0.2, 0.25) is 0 Å². The smallest absolute Gasteiger partial charge is 0.159 e. The number of benzene rings is 2. The molecule has 0 bridgehead atoms. The Morgan fingerprint density at radius 3 is 2.50 bits per heavy atom. The molecule has 0 radical (unpaired) electrons. The first-order valence-corrected chi connectivity index (χ1v) is 6.08. The number of nitrogens with two attached hydrogens (primary N) is 1. The quantitative estimate of drug-likeness (QED) is 0.843. The van der Waals surface area contributed by atoms with Crippen LogP contribution in [0, 0.1) is 11.6 Å². The molecule has 5 heteroatoms. The van der Waals surface area contributed by atoms with E-state index in [1.807, 2.05) is 12.1 Å². The van der Waals surface area contributed by atoms with Crippen LogP contribution < -0.4 is 11.1 Å². The highest BCUT2D eigenvalue weighted by atomic mass is 79.9. The zero-order valence-corrected chi connectivity index (χ0v) is 11.0. The molecule has 0 atom stereocenters. The van der Waals surface area contributed by atoms with Crippen molar-refractivity contribution >= 4 is 27.3 Å². The number of anilines is 2. The van der Waals surface area contributed by atoms with Crippen molar-refractivity contribution in [3.63, 3.8) is 0 Å². The first-order valence-electron chi connectivity index (χ1n) is 5.29. The second kappa shape index (κ2) is 5.35. The first kappa shape index (κ1) is 12.8. The van der Waals surface area contributed by atoms with Crippen molar-refractivity contribution in [1.29, 1.82) is 0 Å². The largest absolute Gasteiger partial charge is 0.397 e. The number of hydrogen-bond acceptors (Lipinski definition) is 2. The summed E-state index contributed by atoms with van der Waals surface area (Å²) in [6.45, 7) is 0.378. The Morgan fingerprint density at radius 1 is 1.06 bits per heavy atom. The van der Waals surface area contributed by atoms with Gasteiger partial charge in [-0.15, -0.1) is 0 Å². The lowest BCUT2D eigenvalue weighted by atomic mass is 10.2. The fourth-order valence-corrected chi connectivity index (χ4v) is 1.92. The Bertz CT molecular complexity index is 573. The molecule has 0 spiro atoms. The van der Waals surface area contributed by atoms with Crippen LogP contribution in [0.4, 0.5) is 20.2 Å². The molecule has 0 aliphatic rings. The van der Waals surface area contributed by atoms with Crippen LogP contribution in [0.1, 0.15) is 5.56 Å². The van der Waals surface area contributed by atoms with Crippen LogP contribution in [0.3, 0.4) is 0 Å². The minimum absolute atomic E-state index is 0.378. The molecule has 0 saturated carbocycles. The summed E-state index contributed by atoms with van der Waals surface area (Å²) in [5, 5.41) is 3.07. The average Bonchev–Trinajstić information content (AvgIpc) is 2.32. The van der Waals surface area contributed by atoms with Crippen LogP contribution >= 0.6 is 15.9 Å². The molecular weight excluding hydrogens is 302 g/mol. The van der Waals surface area contributed by atoms with E-state index in [-0.39, 0.29) is 0 Å². The minimum Gasteiger partial charge on any atom is -0.397 e. The molecule has 0 heterocycles. The summed E-state index contributed by atoms with van der Waals surface area (Å²) in [5.41, 5.74) is 7.80. The van der Waals surface area contributed by atoms with E-state index in [0.717, 1.165) is 22.3 Å². The topological polar surface area (TPSA) is 38.0 Å². The summed E-state index contributed by atoms with van der Waals surface area (Å²) in [6.07, 6.45) is 0. The maximum atomic E-state index is 13.0. The Balaban J connectivity index is 2.09. The van der Waals surface area contributed by atoms with Gasteiger partial charge in [-0.2, -0.15) is 0 Å². The Kier molecular flexibility index (Phi) is 3.81. The number of nitrogen functional groups attached to an aromatic ring is 1. The number of hydrogen-bond donors (Lipinski definition) is 2. The van der Waals surface area contributed by atoms with Gasteiger partial charge in [-0.3, -0.25) is 0 Å². The summed E-state index contributed by atoms with van der Waals surface area (Å²) in [5.74, 6) is -1.69. The van der Waals surface area contributed by atoms with Crippen LogP contribution in [-0.4, -0.2) is 0 Å². The maximum absolute atomic E-state index is 13.0. The maximum Gasteiger partial charge on any atom is 0.159 e. The molecule has 0 fully saturated rings. The van der Waals surface area contributed by atoms with Crippen molar-refractivity contribution in [2.45, 2.75) is 6.54 Å². The van der Waals surface area contributed by atoms with E-state index < -0.39 is 11.6 Å². The highest BCUT2D eigenvalue weighted by Gasteiger charge is 2.03. The number of rotatable bonds is 3. The van der Waals surface area contributed by atoms with Crippen LogP contribution in [0.25, 0.3) is 0 Å². The first-order chi connectivity index (χ1) is 8.56. The van der Waals surface area contributed by atoms with E-state index in [0.29, 0.717) is 17.8 Å². The van der Waals surface area contributed by atoms with Gasteiger partial charge in [0.15, 0.2) is 11.6 Å². The molecule has 94 valence electrons. The van der Waals surface area contributed by atoms with Gasteiger partial charge in [0.1, 0.15) is 0 Å². The summed E-state index contributed by atoms with van der Waals surface area (Å²) in [4.78, 5) is 0. The molecule has 2 rings (SSSR count). The molecule has 0 aromatic heterocycles. The summed E-state index contributed by atoms with van der Waals surface area (Å²) in [6, 6.07) is 9.24. The predicted octanol–water partition coefficient (Wildman–Crippen LogP) is 3.92. The summed E-state index contributed by atoms with van der Waals surface area (Å²) < 4.78 is 26.6. The third-order valence-corrected chi connectivity index (χ3v) is 2.97. The Hall–Kier alpha value is -1.62. The van der Waals surface area contributed by atoms with Gasteiger partial charge in [-0.1, -0.05) is 22.0 Å². The number of nitrogens with one attached hydrogen (secondary N) is 1. The van der Waals surface area contributed by atoms with Crippen molar-refractivity contribution < 1.29 is 8.78 Å². The normalized spacial score (nSPS) is 10.4. The molecule has 18 heavy (non-hydrogen) atoms. The van der Waals surface area contributed by atoms with Gasteiger partial charge in [0.05, 0.1) is 11.4 Å². The lowest BCUT2D eigenvalue weighted by Gasteiger charge is -2.09. The lowest BCUT2D eigenvalue weighted by Crippen LogP contribution is -2.03. The second-order valence-electron chi connectivity index (χ2n) is 3.83. The van der Waals surface area contributed by atoms with E-state index >= 15 is 0 Å². The molecule has 3 N–H and O–H groups in total. The molecule has 0 unspecified atom stereocenters. The van der Waals surface area contributed by atoms with Gasteiger partial charge in [0, 0.05) is 11.0 Å². The van der Waals surface area contributed by atoms with Gasteiger partial charge in [0.25, 0.3) is 0 Å². The molecule has 2 aromatic rings. The molecular formula is C13H11BrF2N2. The van der Waals surface area contributed by atoms with E-state index in [2.05, 4.69) is 21.2 Å². The van der Waals surface area contributed by atoms with Gasteiger partial charge in [-0.25, -0.2) is 8.78 Å². The van der Waals surface area contributed by atoms with Gasteiger partial charge >= 0.3 is 0 Å². The van der Waals surface area contributed by atoms with Crippen molar-refractivity contribution in [1.82, 2.24) is 0 Å². The molecule has 2 aromatic carbocycles. The zero-order chi connectivity index (χ0) is 13.1. The average molecular weight is 313 g/mol. The zero-order valence-electron chi connectivity index (χ0n) is 9.38. The van der Waals surface area contributed by atoms with Crippen LogP contribution in [0.15, 0.2) is 40.9 Å². The third-order valence-electron chi connectivity index (χ3n) is 2.48. The summed E-state index contributed by atoms with van der Waals surface area (Å²) >= 11 is 3.31. The van der Waals surface area contributed by atoms with Gasteiger partial charge in [-0.05, 0) is 35.9 Å². The fraction of sp³-hybridized carbons (Fsp3) is 0.0769. The highest BCUT2D eigenvalue weighted by molar-refractivity contribution is 9.10. The van der Waals surface area contributed by atoms with E-state index in [9.17, 15) is 8.78 Å². The Morgan fingerprint density at radius 2 is 1.83 bits per heavy atom. The molecule has 0 aliphatic carbocycles. The molecule has 0 saturated heterocycles. The van der Waals surface area contributed by atoms with E-state index in [4.69, 9.17) is 5.73 Å². The highest BCUT2D eigenvalue weighted by Crippen LogP contribution is 2.23. The van der Waals surface area contributed by atoms with Crippen molar-refractivity contribution in [3.05, 3.63) is 58.1 Å². The molecule has 0 aliphatic heterocycles. The lowest BCUT2D eigenvalue weighted by molar-refractivity contribution is 0.507. The molecule has 0 amide bonds. The van der Waals surface area contributed by atoms with Gasteiger partial charge < -0.3 is 11.1 Å². The predicted molar refractivity (Wildman–Crippen MR) is 72.2 cm³/mol. The van der Waals surface area contributed by atoms with Crippen molar-refractivity contribution in [2.75, 3.05) is 11.1 Å². The molecule has 2 nitrogen and oxygen atoms in total. The van der Waals surface area contributed by atoms with E-state index in [1.165, 1.54) is 6.07 Å². The van der Waals surface area contributed by atoms with Crippen LogP contribution in [-0.2, 0) is 6.54 Å². The minimum atomic E-state index is -0.849. The number of halogens is 3. The van der Waals surface area contributed by atoms with Crippen molar-refractivity contribution in [2.24, 2.45) is 0 Å². The standard InChI is InChI=1S/C13H11BrF2N2/c14-9-2-4-13(12(17)6-9)18-7-8-1-3-10(15)11(16)5-8/h1-6,18H,7,17H2. The van der Waals surface area contributed by atoms with Crippen LogP contribution in [0.5, 0.6) is 0 Å². The Labute approximate surface area is 112 Å². The SMILES string of the molecule is Nc1cc(Br)ccc1NCc1ccc(F)c(F)c1. The second-order valence-corrected chi connectivity index (χ2v) is 4.75. The monoisotopic (exact) mass is 312 g/mol. The summed E-state index contributed by atoms with van der Waals surface area (Å²) in [7, 11) is 0.